The van der Waals surface area contributed by atoms with Crippen LogP contribution in [-0.2, 0) is 13.1 Å². The maximum absolute atomic E-state index is 6.17. The second-order valence-electron chi connectivity index (χ2n) is 4.32. The van der Waals surface area contributed by atoms with Gasteiger partial charge in [-0.1, -0.05) is 41.9 Å². The van der Waals surface area contributed by atoms with Gasteiger partial charge in [0.15, 0.2) is 0 Å². The highest BCUT2D eigenvalue weighted by Crippen LogP contribution is 2.21. The maximum atomic E-state index is 6.17. The van der Waals surface area contributed by atoms with E-state index in [-0.39, 0.29) is 0 Å². The van der Waals surface area contributed by atoms with E-state index in [0.29, 0.717) is 6.54 Å². The Morgan fingerprint density at radius 1 is 1.11 bits per heavy atom. The van der Waals surface area contributed by atoms with Crippen LogP contribution >= 0.6 is 11.6 Å². The van der Waals surface area contributed by atoms with Crippen LogP contribution in [0.4, 0.5) is 5.69 Å². The van der Waals surface area contributed by atoms with Crippen molar-refractivity contribution in [2.24, 2.45) is 5.73 Å². The summed E-state index contributed by atoms with van der Waals surface area (Å²) < 4.78 is 0. The van der Waals surface area contributed by atoms with E-state index < -0.39 is 0 Å². The normalized spacial score (nSPS) is 10.4. The Kier molecular flexibility index (Phi) is 4.24. The first-order valence-corrected chi connectivity index (χ1v) is 6.32. The highest BCUT2D eigenvalue weighted by Gasteiger charge is 2.05. The molecule has 0 atom stereocenters. The molecule has 2 aromatic carbocycles. The van der Waals surface area contributed by atoms with Crippen molar-refractivity contribution in [3.8, 4) is 0 Å². The van der Waals surface area contributed by atoms with E-state index in [4.69, 9.17) is 17.3 Å². The summed E-state index contributed by atoms with van der Waals surface area (Å²) in [5, 5.41) is 0.805. The Hall–Kier alpha value is -1.51. The van der Waals surface area contributed by atoms with Crippen LogP contribution in [0.25, 0.3) is 0 Å². The Bertz CT molecular complexity index is 525. The van der Waals surface area contributed by atoms with Crippen LogP contribution in [0.3, 0.4) is 0 Å². The fraction of sp³-hybridized carbons (Fsp3) is 0.200. The van der Waals surface area contributed by atoms with E-state index in [2.05, 4.69) is 24.1 Å². The summed E-state index contributed by atoms with van der Waals surface area (Å²) in [5.74, 6) is 0. The molecule has 0 radical (unpaired) electrons. The summed E-state index contributed by atoms with van der Waals surface area (Å²) in [6.07, 6.45) is 0. The molecule has 18 heavy (non-hydrogen) atoms. The summed E-state index contributed by atoms with van der Waals surface area (Å²) >= 11 is 6.17. The van der Waals surface area contributed by atoms with Crippen LogP contribution in [0.15, 0.2) is 48.5 Å². The van der Waals surface area contributed by atoms with Crippen molar-refractivity contribution >= 4 is 17.3 Å². The molecule has 0 aliphatic heterocycles. The molecule has 0 aliphatic rings. The third kappa shape index (κ3) is 3.03. The summed E-state index contributed by atoms with van der Waals surface area (Å²) in [6.45, 7) is 1.35. The van der Waals surface area contributed by atoms with E-state index in [1.165, 1.54) is 0 Å². The molecule has 0 heterocycles. The zero-order valence-electron chi connectivity index (χ0n) is 10.4. The zero-order valence-corrected chi connectivity index (χ0v) is 11.2. The lowest BCUT2D eigenvalue weighted by molar-refractivity contribution is 0.919. The molecule has 3 heteroatoms. The molecule has 2 aromatic rings. The fourth-order valence-corrected chi connectivity index (χ4v) is 2.09. The maximum Gasteiger partial charge on any atom is 0.0455 e. The van der Waals surface area contributed by atoms with Gasteiger partial charge in [-0.2, -0.15) is 0 Å². The van der Waals surface area contributed by atoms with Crippen molar-refractivity contribution < 1.29 is 0 Å². The first-order chi connectivity index (χ1) is 8.70. The van der Waals surface area contributed by atoms with E-state index in [1.807, 2.05) is 36.4 Å². The molecule has 0 bridgehead atoms. The van der Waals surface area contributed by atoms with Gasteiger partial charge in [0.2, 0.25) is 0 Å². The first-order valence-electron chi connectivity index (χ1n) is 5.94. The van der Waals surface area contributed by atoms with Crippen molar-refractivity contribution in [1.82, 2.24) is 0 Å². The van der Waals surface area contributed by atoms with E-state index in [1.54, 1.807) is 0 Å². The van der Waals surface area contributed by atoms with E-state index in [0.717, 1.165) is 28.4 Å². The average Bonchev–Trinajstić information content (AvgIpc) is 2.41. The van der Waals surface area contributed by atoms with Gasteiger partial charge in [-0.05, 0) is 29.3 Å². The monoisotopic (exact) mass is 260 g/mol. The molecule has 0 aliphatic carbocycles. The molecule has 2 rings (SSSR count). The van der Waals surface area contributed by atoms with Crippen molar-refractivity contribution in [1.29, 1.82) is 0 Å². The highest BCUT2D eigenvalue weighted by molar-refractivity contribution is 6.31. The number of benzene rings is 2. The summed E-state index contributed by atoms with van der Waals surface area (Å²) in [5.41, 5.74) is 9.07. The van der Waals surface area contributed by atoms with Crippen LogP contribution in [0, 0.1) is 0 Å². The quantitative estimate of drug-likeness (QED) is 0.913. The lowest BCUT2D eigenvalue weighted by atomic mass is 10.1. The number of nitrogens with two attached hydrogens (primary N) is 1. The fourth-order valence-electron chi connectivity index (χ4n) is 1.89. The van der Waals surface area contributed by atoms with Gasteiger partial charge in [0, 0.05) is 30.8 Å². The molecule has 0 aromatic heterocycles. The Morgan fingerprint density at radius 3 is 2.61 bits per heavy atom. The highest BCUT2D eigenvalue weighted by atomic mass is 35.5. The van der Waals surface area contributed by atoms with E-state index in [9.17, 15) is 0 Å². The van der Waals surface area contributed by atoms with Gasteiger partial charge in [0.1, 0.15) is 0 Å². The molecule has 94 valence electrons. The van der Waals surface area contributed by atoms with Gasteiger partial charge in [-0.25, -0.2) is 0 Å². The van der Waals surface area contributed by atoms with Gasteiger partial charge in [0.25, 0.3) is 0 Å². The molecule has 2 N–H and O–H groups in total. The Morgan fingerprint density at radius 2 is 1.89 bits per heavy atom. The SMILES string of the molecule is CN(Cc1ccccc1Cl)c1cccc(CN)c1. The molecule has 0 unspecified atom stereocenters. The van der Waals surface area contributed by atoms with Gasteiger partial charge in [-0.3, -0.25) is 0 Å². The molecular weight excluding hydrogens is 244 g/mol. The summed E-state index contributed by atoms with van der Waals surface area (Å²) in [6, 6.07) is 16.2. The van der Waals surface area contributed by atoms with Crippen molar-refractivity contribution in [2.75, 3.05) is 11.9 Å². The number of rotatable bonds is 4. The lowest BCUT2D eigenvalue weighted by Gasteiger charge is -2.20. The number of hydrogen-bond donors (Lipinski definition) is 1. The van der Waals surface area contributed by atoms with Gasteiger partial charge >= 0.3 is 0 Å². The van der Waals surface area contributed by atoms with Gasteiger partial charge in [-0.15, -0.1) is 0 Å². The smallest absolute Gasteiger partial charge is 0.0455 e. The lowest BCUT2D eigenvalue weighted by Crippen LogP contribution is -2.16. The molecule has 0 amide bonds. The second-order valence-corrected chi connectivity index (χ2v) is 4.73. The molecule has 0 saturated heterocycles. The third-order valence-electron chi connectivity index (χ3n) is 2.95. The third-order valence-corrected chi connectivity index (χ3v) is 3.32. The van der Waals surface area contributed by atoms with Crippen LogP contribution in [0.2, 0.25) is 5.02 Å². The Balaban J connectivity index is 2.16. The summed E-state index contributed by atoms with van der Waals surface area (Å²) in [4.78, 5) is 2.17. The minimum atomic E-state index is 0.563. The van der Waals surface area contributed by atoms with Gasteiger partial charge < -0.3 is 10.6 Å². The zero-order chi connectivity index (χ0) is 13.0. The molecule has 0 fully saturated rings. The summed E-state index contributed by atoms with van der Waals surface area (Å²) in [7, 11) is 2.05. The Labute approximate surface area is 113 Å². The van der Waals surface area contributed by atoms with Crippen LogP contribution in [0.1, 0.15) is 11.1 Å². The van der Waals surface area contributed by atoms with Crippen LogP contribution in [-0.4, -0.2) is 7.05 Å². The minimum Gasteiger partial charge on any atom is -0.370 e. The molecule has 0 spiro atoms. The largest absolute Gasteiger partial charge is 0.370 e. The molecule has 2 nitrogen and oxygen atoms in total. The van der Waals surface area contributed by atoms with Gasteiger partial charge in [0.05, 0.1) is 0 Å². The predicted octanol–water partition coefficient (Wildman–Crippen LogP) is 3.44. The number of halogens is 1. The number of hydrogen-bond acceptors (Lipinski definition) is 2. The standard InChI is InChI=1S/C15H17ClN2/c1-18(11-13-6-2-3-8-15(13)16)14-7-4-5-12(9-14)10-17/h2-9H,10-11,17H2,1H3. The predicted molar refractivity (Wildman–Crippen MR) is 77.9 cm³/mol. The van der Waals surface area contributed by atoms with Crippen molar-refractivity contribution in [3.05, 3.63) is 64.7 Å². The van der Waals surface area contributed by atoms with Crippen molar-refractivity contribution in [2.45, 2.75) is 13.1 Å². The number of nitrogens with zero attached hydrogens (tertiary/aromatic N) is 1. The van der Waals surface area contributed by atoms with Crippen LogP contribution in [0.5, 0.6) is 0 Å². The van der Waals surface area contributed by atoms with Crippen molar-refractivity contribution in [3.63, 3.8) is 0 Å². The van der Waals surface area contributed by atoms with Crippen LogP contribution < -0.4 is 10.6 Å². The first kappa shape index (κ1) is 12.9. The molecular formula is C15H17ClN2. The average molecular weight is 261 g/mol. The van der Waals surface area contributed by atoms with E-state index >= 15 is 0 Å². The minimum absolute atomic E-state index is 0.563. The second kappa shape index (κ2) is 5.89. The number of anilines is 1. The molecule has 0 saturated carbocycles. The topological polar surface area (TPSA) is 29.3 Å².